The maximum absolute atomic E-state index is 12.6. The number of aliphatic carboxylic acids is 1. The fraction of sp³-hybridized carbons (Fsp3) is 0.800. The van der Waals surface area contributed by atoms with Crippen molar-refractivity contribution in [2.24, 2.45) is 5.73 Å². The average molecular weight is 133 g/mol. The van der Waals surface area contributed by atoms with Crippen molar-refractivity contribution in [3.63, 3.8) is 0 Å². The molecule has 3 nitrogen and oxygen atoms in total. The van der Waals surface area contributed by atoms with E-state index in [0.29, 0.717) is 0 Å². The Balaban J connectivity index is 2.74. The first-order valence-electron chi connectivity index (χ1n) is 2.61. The van der Waals surface area contributed by atoms with Crippen LogP contribution in [0.15, 0.2) is 0 Å². The number of carboxylic acids is 1. The van der Waals surface area contributed by atoms with E-state index in [-0.39, 0.29) is 6.42 Å². The number of halogens is 1. The van der Waals surface area contributed by atoms with Gasteiger partial charge in [-0.05, 0) is 6.92 Å². The zero-order chi connectivity index (χ0) is 7.28. The molecule has 0 spiro atoms. The number of hydrogen-bond donors (Lipinski definition) is 2. The molecule has 0 amide bonds. The average Bonchev–Trinajstić information content (AvgIpc) is 2.08. The van der Waals surface area contributed by atoms with Crippen molar-refractivity contribution in [3.05, 3.63) is 0 Å². The Morgan fingerprint density at radius 1 is 1.89 bits per heavy atom. The zero-order valence-corrected chi connectivity index (χ0v) is 5.02. The third kappa shape index (κ3) is 0.627. The Morgan fingerprint density at radius 2 is 2.22 bits per heavy atom. The van der Waals surface area contributed by atoms with Gasteiger partial charge in [0.25, 0.3) is 0 Å². The van der Waals surface area contributed by atoms with Crippen molar-refractivity contribution < 1.29 is 14.3 Å². The first-order valence-corrected chi connectivity index (χ1v) is 2.61. The van der Waals surface area contributed by atoms with Crippen molar-refractivity contribution in [2.45, 2.75) is 24.6 Å². The zero-order valence-electron chi connectivity index (χ0n) is 5.02. The van der Waals surface area contributed by atoms with Crippen molar-refractivity contribution >= 4 is 5.97 Å². The summed E-state index contributed by atoms with van der Waals surface area (Å²) in [6.45, 7) is 1.20. The van der Waals surface area contributed by atoms with Crippen LogP contribution in [-0.4, -0.2) is 22.3 Å². The first-order chi connectivity index (χ1) is 3.90. The lowest BCUT2D eigenvalue weighted by molar-refractivity contribution is -0.140. The molecule has 52 valence electrons. The SMILES string of the molecule is C[C@]1(F)CC1(N)C(=O)O. The fourth-order valence-corrected chi connectivity index (χ4v) is 0.778. The normalized spacial score (nSPS) is 48.8. The molecule has 9 heavy (non-hydrogen) atoms. The summed E-state index contributed by atoms with van der Waals surface area (Å²) >= 11 is 0. The Bertz CT molecular complexity index is 168. The predicted molar refractivity (Wildman–Crippen MR) is 28.7 cm³/mol. The van der Waals surface area contributed by atoms with Gasteiger partial charge in [-0.3, -0.25) is 4.79 Å². The van der Waals surface area contributed by atoms with Gasteiger partial charge in [-0.1, -0.05) is 0 Å². The monoisotopic (exact) mass is 133 g/mol. The molecule has 0 aliphatic heterocycles. The second-order valence-corrected chi connectivity index (χ2v) is 2.65. The van der Waals surface area contributed by atoms with E-state index < -0.39 is 17.2 Å². The highest BCUT2D eigenvalue weighted by atomic mass is 19.1. The number of hydrogen-bond acceptors (Lipinski definition) is 2. The van der Waals surface area contributed by atoms with Gasteiger partial charge < -0.3 is 10.8 Å². The fourth-order valence-electron chi connectivity index (χ4n) is 0.778. The summed E-state index contributed by atoms with van der Waals surface area (Å²) in [6.07, 6.45) is -0.0741. The lowest BCUT2D eigenvalue weighted by atomic mass is 10.2. The summed E-state index contributed by atoms with van der Waals surface area (Å²) in [5.41, 5.74) is 1.79. The maximum atomic E-state index is 12.6. The number of rotatable bonds is 1. The number of carboxylic acid groups (broad SMARTS) is 1. The van der Waals surface area contributed by atoms with E-state index in [1.807, 2.05) is 0 Å². The summed E-state index contributed by atoms with van der Waals surface area (Å²) in [4.78, 5) is 10.1. The van der Waals surface area contributed by atoms with Crippen molar-refractivity contribution in [3.8, 4) is 0 Å². The van der Waals surface area contributed by atoms with Crippen LogP contribution in [0.3, 0.4) is 0 Å². The van der Waals surface area contributed by atoms with Crippen molar-refractivity contribution in [1.29, 1.82) is 0 Å². The molecule has 1 aliphatic carbocycles. The quantitative estimate of drug-likeness (QED) is 0.525. The Hall–Kier alpha value is -0.640. The van der Waals surface area contributed by atoms with Crippen LogP contribution in [-0.2, 0) is 4.79 Å². The van der Waals surface area contributed by atoms with Crippen LogP contribution < -0.4 is 5.73 Å². The molecule has 0 aromatic carbocycles. The molecule has 1 unspecified atom stereocenters. The number of nitrogens with two attached hydrogens (primary N) is 1. The Morgan fingerprint density at radius 3 is 2.22 bits per heavy atom. The van der Waals surface area contributed by atoms with E-state index in [1.54, 1.807) is 0 Å². The van der Waals surface area contributed by atoms with E-state index in [0.717, 1.165) is 0 Å². The number of carbonyl (C=O) groups is 1. The minimum atomic E-state index is -1.70. The van der Waals surface area contributed by atoms with Crippen LogP contribution in [0.4, 0.5) is 4.39 Å². The predicted octanol–water partition coefficient (Wildman–Crippen LogP) is -0.0996. The molecule has 0 bridgehead atoms. The Labute approximate surface area is 51.7 Å². The minimum Gasteiger partial charge on any atom is -0.480 e. The third-order valence-corrected chi connectivity index (χ3v) is 1.80. The minimum absolute atomic E-state index is 0.0741. The van der Waals surface area contributed by atoms with E-state index in [4.69, 9.17) is 10.8 Å². The standard InChI is InChI=1S/C5H8FNO2/c1-4(6)2-5(4,7)3(8)9/h2,7H2,1H3,(H,8,9)/t4-,5?/m0/s1. The van der Waals surface area contributed by atoms with Gasteiger partial charge >= 0.3 is 5.97 Å². The van der Waals surface area contributed by atoms with Crippen LogP contribution in [0, 0.1) is 0 Å². The molecule has 3 N–H and O–H groups in total. The van der Waals surface area contributed by atoms with Gasteiger partial charge in [0, 0.05) is 6.42 Å². The molecular weight excluding hydrogens is 125 g/mol. The van der Waals surface area contributed by atoms with Crippen LogP contribution in [0.2, 0.25) is 0 Å². The summed E-state index contributed by atoms with van der Waals surface area (Å²) in [5.74, 6) is -1.26. The first kappa shape index (κ1) is 6.48. The lowest BCUT2D eigenvalue weighted by Crippen LogP contribution is -2.39. The second kappa shape index (κ2) is 1.26. The largest absolute Gasteiger partial charge is 0.480 e. The van der Waals surface area contributed by atoms with Gasteiger partial charge in [-0.2, -0.15) is 0 Å². The van der Waals surface area contributed by atoms with Gasteiger partial charge in [-0.15, -0.1) is 0 Å². The highest BCUT2D eigenvalue weighted by Gasteiger charge is 2.69. The van der Waals surface area contributed by atoms with Crippen LogP contribution in [0.25, 0.3) is 0 Å². The van der Waals surface area contributed by atoms with Gasteiger partial charge in [0.1, 0.15) is 5.67 Å². The molecule has 1 fully saturated rings. The highest BCUT2D eigenvalue weighted by molar-refractivity contribution is 5.85. The molecule has 4 heteroatoms. The van der Waals surface area contributed by atoms with Crippen molar-refractivity contribution in [2.75, 3.05) is 0 Å². The van der Waals surface area contributed by atoms with Crippen LogP contribution in [0.5, 0.6) is 0 Å². The smallest absolute Gasteiger partial charge is 0.327 e. The van der Waals surface area contributed by atoms with Crippen LogP contribution >= 0.6 is 0 Å². The molecule has 2 atom stereocenters. The van der Waals surface area contributed by atoms with Gasteiger partial charge in [0.2, 0.25) is 0 Å². The molecule has 0 aromatic rings. The molecule has 0 aromatic heterocycles. The van der Waals surface area contributed by atoms with E-state index in [1.165, 1.54) is 6.92 Å². The van der Waals surface area contributed by atoms with Crippen molar-refractivity contribution in [1.82, 2.24) is 0 Å². The topological polar surface area (TPSA) is 63.3 Å². The maximum Gasteiger partial charge on any atom is 0.327 e. The van der Waals surface area contributed by atoms with Gasteiger partial charge in [0.05, 0.1) is 0 Å². The molecule has 0 heterocycles. The van der Waals surface area contributed by atoms with Crippen LogP contribution in [0.1, 0.15) is 13.3 Å². The van der Waals surface area contributed by atoms with Gasteiger partial charge in [-0.25, -0.2) is 4.39 Å². The molecular formula is C5H8FNO2. The third-order valence-electron chi connectivity index (χ3n) is 1.80. The molecule has 0 saturated heterocycles. The van der Waals surface area contributed by atoms with E-state index in [9.17, 15) is 9.18 Å². The summed E-state index contributed by atoms with van der Waals surface area (Å²) in [5, 5.41) is 8.28. The molecule has 1 saturated carbocycles. The summed E-state index contributed by atoms with van der Waals surface area (Å²) < 4.78 is 12.6. The number of alkyl halides is 1. The summed E-state index contributed by atoms with van der Waals surface area (Å²) in [7, 11) is 0. The van der Waals surface area contributed by atoms with E-state index in [2.05, 4.69) is 0 Å². The Kier molecular flexibility index (Phi) is 0.908. The van der Waals surface area contributed by atoms with Gasteiger partial charge in [0.15, 0.2) is 5.54 Å². The molecule has 0 radical (unpaired) electrons. The lowest BCUT2D eigenvalue weighted by Gasteiger charge is -2.03. The van der Waals surface area contributed by atoms with E-state index >= 15 is 0 Å². The highest BCUT2D eigenvalue weighted by Crippen LogP contribution is 2.48. The second-order valence-electron chi connectivity index (χ2n) is 2.65. The molecule has 1 aliphatic rings. The summed E-state index contributed by atoms with van der Waals surface area (Å²) in [6, 6.07) is 0. The molecule has 1 rings (SSSR count).